The Labute approximate surface area is 162 Å². The summed E-state index contributed by atoms with van der Waals surface area (Å²) in [6.07, 6.45) is 5.21. The largest absolute Gasteiger partial charge is 0.489 e. The van der Waals surface area contributed by atoms with Gasteiger partial charge in [-0.25, -0.2) is 0 Å². The molecule has 148 valence electrons. The Morgan fingerprint density at radius 2 is 2.04 bits per heavy atom. The fourth-order valence-corrected chi connectivity index (χ4v) is 4.09. The van der Waals surface area contributed by atoms with Gasteiger partial charge in [0.05, 0.1) is 6.54 Å². The van der Waals surface area contributed by atoms with Gasteiger partial charge in [0.25, 0.3) is 0 Å². The van der Waals surface area contributed by atoms with Gasteiger partial charge in [0.15, 0.2) is 0 Å². The van der Waals surface area contributed by atoms with Crippen LogP contribution >= 0.6 is 0 Å². The topological polar surface area (TPSA) is 49.9 Å². The van der Waals surface area contributed by atoms with Crippen LogP contribution in [0.1, 0.15) is 51.5 Å². The Bertz CT molecular complexity index is 661. The van der Waals surface area contributed by atoms with Gasteiger partial charge in [-0.05, 0) is 38.7 Å². The van der Waals surface area contributed by atoms with E-state index in [-0.39, 0.29) is 23.7 Å². The predicted molar refractivity (Wildman–Crippen MR) is 106 cm³/mol. The first-order valence-electron chi connectivity index (χ1n) is 10.3. The monoisotopic (exact) mass is 372 g/mol. The molecule has 0 bridgehead atoms. The predicted octanol–water partition coefficient (Wildman–Crippen LogP) is 3.27. The molecule has 2 unspecified atom stereocenters. The molecule has 3 rings (SSSR count). The van der Waals surface area contributed by atoms with Gasteiger partial charge >= 0.3 is 0 Å². The highest BCUT2D eigenvalue weighted by atomic mass is 16.5. The lowest BCUT2D eigenvalue weighted by atomic mass is 9.94. The first-order chi connectivity index (χ1) is 13.1. The van der Waals surface area contributed by atoms with E-state index < -0.39 is 0 Å². The summed E-state index contributed by atoms with van der Waals surface area (Å²) in [7, 11) is 0. The molecule has 0 saturated carbocycles. The Hall–Kier alpha value is -1.88. The van der Waals surface area contributed by atoms with Crippen molar-refractivity contribution in [3.63, 3.8) is 0 Å². The van der Waals surface area contributed by atoms with Crippen LogP contribution in [0.2, 0.25) is 0 Å². The lowest BCUT2D eigenvalue weighted by Gasteiger charge is -2.33. The molecule has 0 aliphatic carbocycles. The summed E-state index contributed by atoms with van der Waals surface area (Å²) in [5.41, 5.74) is 1.14. The minimum atomic E-state index is 0.00759. The molecule has 0 N–H and O–H groups in total. The van der Waals surface area contributed by atoms with Crippen LogP contribution in [0.3, 0.4) is 0 Å². The molecule has 1 aromatic carbocycles. The Kier molecular flexibility index (Phi) is 6.89. The molecule has 1 fully saturated rings. The second-order valence-corrected chi connectivity index (χ2v) is 7.95. The minimum absolute atomic E-state index is 0.00759. The van der Waals surface area contributed by atoms with E-state index >= 15 is 0 Å². The fraction of sp³-hybridized carbons (Fsp3) is 0.636. The third-order valence-corrected chi connectivity index (χ3v) is 5.71. The van der Waals surface area contributed by atoms with Crippen molar-refractivity contribution < 1.29 is 14.3 Å². The third kappa shape index (κ3) is 5.32. The molecule has 2 atom stereocenters. The molecule has 5 heteroatoms. The Balaban J connectivity index is 1.67. The van der Waals surface area contributed by atoms with Crippen LogP contribution in [0.15, 0.2) is 24.3 Å². The summed E-state index contributed by atoms with van der Waals surface area (Å²) >= 11 is 0. The van der Waals surface area contributed by atoms with E-state index in [1.54, 1.807) is 6.92 Å². The highest BCUT2D eigenvalue weighted by Gasteiger charge is 2.29. The van der Waals surface area contributed by atoms with Crippen molar-refractivity contribution in [1.29, 1.82) is 0 Å². The maximum Gasteiger partial charge on any atom is 0.236 e. The molecular weight excluding hydrogens is 340 g/mol. The number of ketones is 1. The number of rotatable bonds is 6. The SMILES string of the molecule is CCCCC1CN(CC(=O)N2CCCC(C(C)=O)C2)Cc2ccccc2O1. The van der Waals surface area contributed by atoms with Gasteiger partial charge in [-0.3, -0.25) is 14.5 Å². The summed E-state index contributed by atoms with van der Waals surface area (Å²) in [5.74, 6) is 1.29. The number of likely N-dealkylation sites (tertiary alicyclic amines) is 1. The molecule has 0 radical (unpaired) electrons. The zero-order valence-corrected chi connectivity index (χ0v) is 16.7. The maximum absolute atomic E-state index is 12.9. The Morgan fingerprint density at radius 1 is 1.22 bits per heavy atom. The maximum atomic E-state index is 12.9. The highest BCUT2D eigenvalue weighted by Crippen LogP contribution is 2.26. The number of carbonyl (C=O) groups is 2. The number of Topliss-reactive ketones (excluding diaryl/α,β-unsaturated/α-hetero) is 1. The fourth-order valence-electron chi connectivity index (χ4n) is 4.09. The van der Waals surface area contributed by atoms with E-state index in [0.29, 0.717) is 13.1 Å². The molecule has 0 aromatic heterocycles. The third-order valence-electron chi connectivity index (χ3n) is 5.71. The van der Waals surface area contributed by atoms with Crippen LogP contribution in [0.25, 0.3) is 0 Å². The van der Waals surface area contributed by atoms with Crippen LogP contribution in [-0.2, 0) is 16.1 Å². The van der Waals surface area contributed by atoms with Crippen LogP contribution in [-0.4, -0.2) is 53.8 Å². The second kappa shape index (κ2) is 9.36. The Morgan fingerprint density at radius 3 is 2.81 bits per heavy atom. The quantitative estimate of drug-likeness (QED) is 0.769. The average molecular weight is 373 g/mol. The number of hydrogen-bond acceptors (Lipinski definition) is 4. The van der Waals surface area contributed by atoms with Gasteiger partial charge in [-0.1, -0.05) is 31.5 Å². The van der Waals surface area contributed by atoms with Crippen molar-refractivity contribution >= 4 is 11.7 Å². The number of hydrogen-bond donors (Lipinski definition) is 0. The number of ether oxygens (including phenoxy) is 1. The lowest BCUT2D eigenvalue weighted by molar-refractivity contribution is -0.136. The number of benzene rings is 1. The van der Waals surface area contributed by atoms with E-state index in [4.69, 9.17) is 4.74 Å². The van der Waals surface area contributed by atoms with Crippen LogP contribution in [0, 0.1) is 5.92 Å². The number of para-hydroxylation sites is 1. The van der Waals surface area contributed by atoms with E-state index in [1.165, 1.54) is 0 Å². The van der Waals surface area contributed by atoms with Gasteiger partial charge in [-0.15, -0.1) is 0 Å². The zero-order chi connectivity index (χ0) is 19.2. The van der Waals surface area contributed by atoms with Crippen molar-refractivity contribution in [2.75, 3.05) is 26.2 Å². The molecule has 2 aliphatic heterocycles. The second-order valence-electron chi connectivity index (χ2n) is 7.95. The smallest absolute Gasteiger partial charge is 0.236 e. The average Bonchev–Trinajstić information content (AvgIpc) is 2.84. The molecule has 0 spiro atoms. The standard InChI is InChI=1S/C22H32N2O3/c1-3-4-10-20-15-23(13-19-8-5-6-11-21(19)27-20)16-22(26)24-12-7-9-18(14-24)17(2)25/h5-6,8,11,18,20H,3-4,7,9-10,12-16H2,1-2H3. The number of unbranched alkanes of at least 4 members (excludes halogenated alkanes) is 1. The normalized spacial score (nSPS) is 23.3. The van der Waals surface area contributed by atoms with E-state index in [1.807, 2.05) is 23.1 Å². The summed E-state index contributed by atoms with van der Waals surface area (Å²) in [4.78, 5) is 28.7. The van der Waals surface area contributed by atoms with Gasteiger partial charge in [0.1, 0.15) is 17.6 Å². The zero-order valence-electron chi connectivity index (χ0n) is 16.7. The first-order valence-corrected chi connectivity index (χ1v) is 10.3. The first kappa shape index (κ1) is 19.9. The van der Waals surface area contributed by atoms with Gasteiger partial charge < -0.3 is 9.64 Å². The van der Waals surface area contributed by atoms with E-state index in [0.717, 1.165) is 63.1 Å². The molecular formula is C22H32N2O3. The van der Waals surface area contributed by atoms with Crippen molar-refractivity contribution in [2.24, 2.45) is 5.92 Å². The molecule has 1 saturated heterocycles. The van der Waals surface area contributed by atoms with Gasteiger partial charge in [0.2, 0.25) is 5.91 Å². The minimum Gasteiger partial charge on any atom is -0.489 e. The number of amides is 1. The molecule has 1 aromatic rings. The van der Waals surface area contributed by atoms with Crippen molar-refractivity contribution in [1.82, 2.24) is 9.80 Å². The lowest BCUT2D eigenvalue weighted by Crippen LogP contribution is -2.47. The number of carbonyl (C=O) groups excluding carboxylic acids is 2. The van der Waals surface area contributed by atoms with E-state index in [2.05, 4.69) is 17.9 Å². The van der Waals surface area contributed by atoms with Crippen LogP contribution < -0.4 is 4.74 Å². The van der Waals surface area contributed by atoms with Crippen LogP contribution in [0.5, 0.6) is 5.75 Å². The number of nitrogens with zero attached hydrogens (tertiary/aromatic N) is 2. The number of piperidine rings is 1. The molecule has 1 amide bonds. The molecule has 27 heavy (non-hydrogen) atoms. The van der Waals surface area contributed by atoms with E-state index in [9.17, 15) is 9.59 Å². The highest BCUT2D eigenvalue weighted by molar-refractivity contribution is 5.82. The van der Waals surface area contributed by atoms with Crippen molar-refractivity contribution in [2.45, 2.75) is 58.6 Å². The molecule has 2 aliphatic rings. The summed E-state index contributed by atoms with van der Waals surface area (Å²) in [6.45, 7) is 7.06. The molecule has 5 nitrogen and oxygen atoms in total. The molecule has 2 heterocycles. The van der Waals surface area contributed by atoms with Crippen LogP contribution in [0.4, 0.5) is 0 Å². The van der Waals surface area contributed by atoms with Crippen molar-refractivity contribution in [3.8, 4) is 5.75 Å². The summed E-state index contributed by atoms with van der Waals surface area (Å²) in [5, 5.41) is 0. The van der Waals surface area contributed by atoms with Crippen molar-refractivity contribution in [3.05, 3.63) is 29.8 Å². The number of fused-ring (bicyclic) bond motifs is 1. The van der Waals surface area contributed by atoms with Gasteiger partial charge in [-0.2, -0.15) is 0 Å². The summed E-state index contributed by atoms with van der Waals surface area (Å²) in [6, 6.07) is 8.15. The summed E-state index contributed by atoms with van der Waals surface area (Å²) < 4.78 is 6.25. The van der Waals surface area contributed by atoms with Gasteiger partial charge in [0, 0.05) is 37.7 Å².